The summed E-state index contributed by atoms with van der Waals surface area (Å²) in [5.41, 5.74) is 0.779. The molecule has 0 radical (unpaired) electrons. The van der Waals surface area contributed by atoms with Crippen LogP contribution < -0.4 is 10.6 Å². The van der Waals surface area contributed by atoms with Crippen LogP contribution in [-0.4, -0.2) is 24.6 Å². The quantitative estimate of drug-likeness (QED) is 0.799. The summed E-state index contributed by atoms with van der Waals surface area (Å²) in [5, 5.41) is 5.49. The molecule has 0 aliphatic carbocycles. The molecule has 1 saturated heterocycles. The molecule has 1 unspecified atom stereocenters. The summed E-state index contributed by atoms with van der Waals surface area (Å²) in [7, 11) is 0. The molecule has 0 spiro atoms. The number of carbonyl (C=O) groups excluding carboxylic acids is 2. The minimum absolute atomic E-state index is 0.0528. The molecule has 5 heteroatoms. The molecule has 0 saturated carbocycles. The van der Waals surface area contributed by atoms with Crippen LogP contribution >= 0.6 is 11.8 Å². The Kier molecular flexibility index (Phi) is 3.68. The molecule has 1 aromatic carbocycles. The van der Waals surface area contributed by atoms with Crippen molar-refractivity contribution in [3.05, 3.63) is 24.3 Å². The van der Waals surface area contributed by atoms with Crippen molar-refractivity contribution < 1.29 is 9.59 Å². The molecule has 1 aliphatic rings. The first-order valence-corrected chi connectivity index (χ1v) is 6.63. The highest BCUT2D eigenvalue weighted by Crippen LogP contribution is 2.20. The highest BCUT2D eigenvalue weighted by atomic mass is 32.2. The number of thioether (sulfide) groups is 1. The smallest absolute Gasteiger partial charge is 0.229 e. The molecule has 0 aromatic heterocycles. The Labute approximate surface area is 104 Å². The van der Waals surface area contributed by atoms with Gasteiger partial charge in [-0.1, -0.05) is 6.07 Å². The van der Waals surface area contributed by atoms with E-state index in [4.69, 9.17) is 0 Å². The van der Waals surface area contributed by atoms with Crippen LogP contribution in [0.5, 0.6) is 0 Å². The van der Waals surface area contributed by atoms with Gasteiger partial charge in [-0.05, 0) is 24.5 Å². The van der Waals surface area contributed by atoms with E-state index in [0.717, 1.165) is 10.6 Å². The normalized spacial score (nSPS) is 18.9. The lowest BCUT2D eigenvalue weighted by Gasteiger charge is -2.09. The van der Waals surface area contributed by atoms with Gasteiger partial charge in [0, 0.05) is 23.5 Å². The Morgan fingerprint density at radius 2 is 2.35 bits per heavy atom. The van der Waals surface area contributed by atoms with Gasteiger partial charge in [0.2, 0.25) is 11.8 Å². The zero-order chi connectivity index (χ0) is 12.3. The summed E-state index contributed by atoms with van der Waals surface area (Å²) in [6, 6.07) is 7.66. The zero-order valence-electron chi connectivity index (χ0n) is 9.53. The number of hydrogen-bond acceptors (Lipinski definition) is 3. The number of nitrogens with one attached hydrogen (secondary N) is 2. The van der Waals surface area contributed by atoms with Crippen LogP contribution in [0.4, 0.5) is 5.69 Å². The fraction of sp³-hybridized carbons (Fsp3) is 0.333. The third kappa shape index (κ3) is 3.00. The first-order valence-electron chi connectivity index (χ1n) is 5.40. The number of carbonyl (C=O) groups is 2. The number of anilines is 1. The Bertz CT molecular complexity index is 448. The largest absolute Gasteiger partial charge is 0.355 e. The van der Waals surface area contributed by atoms with Gasteiger partial charge in [0.25, 0.3) is 0 Å². The van der Waals surface area contributed by atoms with E-state index in [1.807, 2.05) is 30.5 Å². The van der Waals surface area contributed by atoms with E-state index in [2.05, 4.69) is 10.6 Å². The van der Waals surface area contributed by atoms with Gasteiger partial charge in [0.15, 0.2) is 0 Å². The maximum absolute atomic E-state index is 11.8. The second-order valence-corrected chi connectivity index (χ2v) is 4.81. The molecule has 1 heterocycles. The standard InChI is InChI=1S/C12H14N2O2S/c1-17-10-4-2-3-9(6-10)14-12(16)8-5-11(15)13-7-8/h2-4,6,8H,5,7H2,1H3,(H,13,15)(H,14,16). The van der Waals surface area contributed by atoms with Crippen molar-refractivity contribution >= 4 is 29.3 Å². The fourth-order valence-corrected chi connectivity index (χ4v) is 2.20. The minimum Gasteiger partial charge on any atom is -0.355 e. The van der Waals surface area contributed by atoms with Crippen molar-refractivity contribution in [3.8, 4) is 0 Å². The average Bonchev–Trinajstić information content (AvgIpc) is 2.76. The molecular formula is C12H14N2O2S. The first-order chi connectivity index (χ1) is 8.19. The maximum atomic E-state index is 11.8. The van der Waals surface area contributed by atoms with E-state index in [-0.39, 0.29) is 24.2 Å². The molecule has 1 fully saturated rings. The van der Waals surface area contributed by atoms with Gasteiger partial charge in [0.1, 0.15) is 0 Å². The lowest BCUT2D eigenvalue weighted by Crippen LogP contribution is -2.24. The summed E-state index contributed by atoms with van der Waals surface area (Å²) >= 11 is 1.62. The van der Waals surface area contributed by atoms with Gasteiger partial charge in [0.05, 0.1) is 5.92 Å². The third-order valence-corrected chi connectivity index (χ3v) is 3.41. The molecule has 17 heavy (non-hydrogen) atoms. The van der Waals surface area contributed by atoms with Gasteiger partial charge < -0.3 is 10.6 Å². The van der Waals surface area contributed by atoms with Crippen molar-refractivity contribution in [2.75, 3.05) is 18.1 Å². The third-order valence-electron chi connectivity index (χ3n) is 2.69. The Hall–Kier alpha value is -1.49. The van der Waals surface area contributed by atoms with E-state index in [0.29, 0.717) is 6.54 Å². The number of amides is 2. The van der Waals surface area contributed by atoms with Gasteiger partial charge in [-0.25, -0.2) is 0 Å². The van der Waals surface area contributed by atoms with Crippen molar-refractivity contribution in [1.82, 2.24) is 5.32 Å². The Morgan fingerprint density at radius 1 is 1.53 bits per heavy atom. The van der Waals surface area contributed by atoms with Crippen molar-refractivity contribution in [3.63, 3.8) is 0 Å². The molecule has 1 atom stereocenters. The van der Waals surface area contributed by atoms with E-state index in [1.54, 1.807) is 11.8 Å². The highest BCUT2D eigenvalue weighted by molar-refractivity contribution is 7.98. The topological polar surface area (TPSA) is 58.2 Å². The lowest BCUT2D eigenvalue weighted by molar-refractivity contribution is -0.123. The van der Waals surface area contributed by atoms with Crippen LogP contribution in [0.3, 0.4) is 0 Å². The van der Waals surface area contributed by atoms with Crippen molar-refractivity contribution in [2.45, 2.75) is 11.3 Å². The van der Waals surface area contributed by atoms with E-state index in [9.17, 15) is 9.59 Å². The van der Waals surface area contributed by atoms with Crippen LogP contribution in [0.1, 0.15) is 6.42 Å². The molecule has 1 aromatic rings. The average molecular weight is 250 g/mol. The van der Waals surface area contributed by atoms with E-state index in [1.165, 1.54) is 0 Å². The predicted octanol–water partition coefficient (Wildman–Crippen LogP) is 1.48. The molecule has 90 valence electrons. The summed E-state index contributed by atoms with van der Waals surface area (Å²) in [5.74, 6) is -0.398. The number of hydrogen-bond donors (Lipinski definition) is 2. The van der Waals surface area contributed by atoms with Crippen molar-refractivity contribution in [1.29, 1.82) is 0 Å². The van der Waals surface area contributed by atoms with Crippen molar-refractivity contribution in [2.24, 2.45) is 5.92 Å². The molecule has 2 amide bonds. The number of rotatable bonds is 3. The monoisotopic (exact) mass is 250 g/mol. The summed E-state index contributed by atoms with van der Waals surface area (Å²) in [4.78, 5) is 24.0. The SMILES string of the molecule is CSc1cccc(NC(=O)C2CNC(=O)C2)c1. The van der Waals surface area contributed by atoms with Crippen LogP contribution in [-0.2, 0) is 9.59 Å². The predicted molar refractivity (Wildman–Crippen MR) is 68.0 cm³/mol. The first kappa shape index (κ1) is 12.0. The molecule has 2 N–H and O–H groups in total. The fourth-order valence-electron chi connectivity index (χ4n) is 1.74. The van der Waals surface area contributed by atoms with E-state index >= 15 is 0 Å². The second-order valence-electron chi connectivity index (χ2n) is 3.93. The molecule has 4 nitrogen and oxygen atoms in total. The molecule has 1 aliphatic heterocycles. The van der Waals surface area contributed by atoms with Crippen LogP contribution in [0.25, 0.3) is 0 Å². The minimum atomic E-state index is -0.250. The highest BCUT2D eigenvalue weighted by Gasteiger charge is 2.27. The zero-order valence-corrected chi connectivity index (χ0v) is 10.3. The van der Waals surface area contributed by atoms with Gasteiger partial charge >= 0.3 is 0 Å². The Morgan fingerprint density at radius 3 is 3.00 bits per heavy atom. The van der Waals surface area contributed by atoms with Gasteiger partial charge in [-0.2, -0.15) is 0 Å². The summed E-state index contributed by atoms with van der Waals surface area (Å²) in [6.45, 7) is 0.437. The summed E-state index contributed by atoms with van der Waals surface area (Å²) in [6.07, 6.45) is 2.27. The van der Waals surface area contributed by atoms with Gasteiger partial charge in [-0.3, -0.25) is 9.59 Å². The maximum Gasteiger partial charge on any atom is 0.229 e. The molecule has 0 bridgehead atoms. The Balaban J connectivity index is 2.00. The second kappa shape index (κ2) is 5.23. The molecule has 2 rings (SSSR count). The number of benzene rings is 1. The lowest BCUT2D eigenvalue weighted by atomic mass is 10.1. The van der Waals surface area contributed by atoms with Crippen LogP contribution in [0.2, 0.25) is 0 Å². The van der Waals surface area contributed by atoms with Crippen LogP contribution in [0, 0.1) is 5.92 Å². The van der Waals surface area contributed by atoms with Crippen LogP contribution in [0.15, 0.2) is 29.2 Å². The molecular weight excluding hydrogens is 236 g/mol. The van der Waals surface area contributed by atoms with E-state index < -0.39 is 0 Å². The van der Waals surface area contributed by atoms with Gasteiger partial charge in [-0.15, -0.1) is 11.8 Å². The summed E-state index contributed by atoms with van der Waals surface area (Å²) < 4.78 is 0.